The maximum absolute atomic E-state index is 13.1. The van der Waals surface area contributed by atoms with Crippen molar-refractivity contribution >= 4 is 29.5 Å². The quantitative estimate of drug-likeness (QED) is 0.623. The lowest BCUT2D eigenvalue weighted by molar-refractivity contribution is 0.0519. The number of ether oxygens (including phenoxy) is 1. The van der Waals surface area contributed by atoms with Crippen LogP contribution in [-0.2, 0) is 4.74 Å². The molecule has 3 nitrogen and oxygen atoms in total. The fourth-order valence-electron chi connectivity index (χ4n) is 1.72. The van der Waals surface area contributed by atoms with Crippen molar-refractivity contribution in [1.82, 2.24) is 4.98 Å². The van der Waals surface area contributed by atoms with Crippen LogP contribution in [0.3, 0.4) is 0 Å². The van der Waals surface area contributed by atoms with Crippen LogP contribution in [0.5, 0.6) is 0 Å². The van der Waals surface area contributed by atoms with Crippen molar-refractivity contribution in [3.8, 4) is 0 Å². The van der Waals surface area contributed by atoms with Crippen LogP contribution in [0.1, 0.15) is 32.9 Å². The monoisotopic (exact) mass is 327 g/mol. The van der Waals surface area contributed by atoms with E-state index in [4.69, 9.17) is 4.74 Å². The summed E-state index contributed by atoms with van der Waals surface area (Å²) in [6.45, 7) is 3.66. The molecular formula is C15H12F3NO2S. The molecule has 1 aromatic heterocycles. The maximum Gasteiger partial charge on any atom is 0.358 e. The summed E-state index contributed by atoms with van der Waals surface area (Å²) >= 11 is 1.24. The number of aryl methyl sites for hydroxylation is 1. The molecule has 2 rings (SSSR count). The van der Waals surface area contributed by atoms with Gasteiger partial charge in [-0.15, -0.1) is 11.3 Å². The van der Waals surface area contributed by atoms with Gasteiger partial charge >= 0.3 is 5.97 Å². The van der Waals surface area contributed by atoms with Crippen molar-refractivity contribution in [2.75, 3.05) is 6.61 Å². The Bertz CT molecular complexity index is 717. The zero-order chi connectivity index (χ0) is 16.3. The number of nitrogens with zero attached hydrogens (tertiary/aromatic N) is 1. The zero-order valence-electron chi connectivity index (χ0n) is 11.8. The summed E-state index contributed by atoms with van der Waals surface area (Å²) in [4.78, 5) is 16.4. The van der Waals surface area contributed by atoms with E-state index in [0.717, 1.165) is 12.1 Å². The van der Waals surface area contributed by atoms with Gasteiger partial charge in [-0.1, -0.05) is 6.08 Å². The highest BCUT2D eigenvalue weighted by Crippen LogP contribution is 2.21. The first kappa shape index (κ1) is 16.2. The summed E-state index contributed by atoms with van der Waals surface area (Å²) in [5.41, 5.74) is 0.366. The first-order chi connectivity index (χ1) is 10.4. The van der Waals surface area contributed by atoms with Gasteiger partial charge in [0.05, 0.1) is 6.61 Å². The Labute approximate surface area is 129 Å². The lowest BCUT2D eigenvalue weighted by atomic mass is 10.2. The summed E-state index contributed by atoms with van der Waals surface area (Å²) in [7, 11) is 0. The van der Waals surface area contributed by atoms with Gasteiger partial charge in [-0.2, -0.15) is 0 Å². The second-order valence-corrected chi connectivity index (χ2v) is 5.54. The minimum Gasteiger partial charge on any atom is -0.461 e. The average molecular weight is 327 g/mol. The van der Waals surface area contributed by atoms with E-state index in [-0.39, 0.29) is 17.9 Å². The molecule has 0 atom stereocenters. The van der Waals surface area contributed by atoms with Crippen molar-refractivity contribution in [1.29, 1.82) is 0 Å². The molecule has 1 heterocycles. The van der Waals surface area contributed by atoms with E-state index in [2.05, 4.69) is 4.98 Å². The number of thiazole rings is 1. The van der Waals surface area contributed by atoms with Gasteiger partial charge in [-0.25, -0.2) is 22.9 Å². The molecule has 22 heavy (non-hydrogen) atoms. The number of halogens is 3. The highest BCUT2D eigenvalue weighted by Gasteiger charge is 2.15. The van der Waals surface area contributed by atoms with E-state index >= 15 is 0 Å². The van der Waals surface area contributed by atoms with Crippen molar-refractivity contribution in [2.45, 2.75) is 13.8 Å². The van der Waals surface area contributed by atoms with Gasteiger partial charge in [-0.3, -0.25) is 0 Å². The van der Waals surface area contributed by atoms with Crippen LogP contribution in [0.25, 0.3) is 12.2 Å². The van der Waals surface area contributed by atoms with Crippen molar-refractivity contribution in [3.63, 3.8) is 0 Å². The molecule has 0 aliphatic carbocycles. The number of rotatable bonds is 4. The number of carbonyl (C=O) groups excluding carboxylic acids is 1. The van der Waals surface area contributed by atoms with Gasteiger partial charge in [-0.05, 0) is 37.6 Å². The summed E-state index contributed by atoms with van der Waals surface area (Å²) in [5, 5.41) is 0.477. The highest BCUT2D eigenvalue weighted by molar-refractivity contribution is 7.12. The standard InChI is InChI=1S/C15H12F3NO2S/c1-3-21-15(20)14-8(2)22-12(19-14)5-4-9-6-10(16)13(18)11(17)7-9/h4-7H,3H2,1-2H3. The third kappa shape index (κ3) is 3.54. The van der Waals surface area contributed by atoms with Gasteiger partial charge in [0, 0.05) is 4.88 Å². The van der Waals surface area contributed by atoms with E-state index in [1.807, 2.05) is 0 Å². The Kier molecular flexibility index (Phi) is 4.97. The van der Waals surface area contributed by atoms with E-state index < -0.39 is 23.4 Å². The van der Waals surface area contributed by atoms with Gasteiger partial charge in [0.15, 0.2) is 23.1 Å². The fraction of sp³-hybridized carbons (Fsp3) is 0.200. The number of hydrogen-bond donors (Lipinski definition) is 0. The Balaban J connectivity index is 2.24. The van der Waals surface area contributed by atoms with Crippen molar-refractivity contribution < 1.29 is 22.7 Å². The molecule has 0 spiro atoms. The SMILES string of the molecule is CCOC(=O)c1nc(C=Cc2cc(F)c(F)c(F)c2)sc1C. The molecule has 0 fully saturated rings. The van der Waals surface area contributed by atoms with Gasteiger partial charge in [0.2, 0.25) is 0 Å². The Hall–Kier alpha value is -2.15. The van der Waals surface area contributed by atoms with E-state index in [1.165, 1.54) is 23.5 Å². The molecule has 0 unspecified atom stereocenters. The number of hydrogen-bond acceptors (Lipinski definition) is 4. The minimum atomic E-state index is -1.51. The summed E-state index contributed by atoms with van der Waals surface area (Å²) in [6.07, 6.45) is 2.88. The van der Waals surface area contributed by atoms with Gasteiger partial charge in [0.25, 0.3) is 0 Å². The van der Waals surface area contributed by atoms with Gasteiger partial charge in [0.1, 0.15) is 5.01 Å². The topological polar surface area (TPSA) is 39.2 Å². The second-order valence-electron chi connectivity index (χ2n) is 4.31. The molecule has 2 aromatic rings. The molecule has 0 aliphatic heterocycles. The summed E-state index contributed by atoms with van der Waals surface area (Å²) < 4.78 is 43.9. The minimum absolute atomic E-state index is 0.155. The molecule has 0 aliphatic rings. The smallest absolute Gasteiger partial charge is 0.358 e. The van der Waals surface area contributed by atoms with Crippen LogP contribution in [-0.4, -0.2) is 17.6 Å². The van der Waals surface area contributed by atoms with Crippen molar-refractivity contribution in [3.05, 3.63) is 50.7 Å². The molecule has 0 radical (unpaired) electrons. The molecule has 0 bridgehead atoms. The largest absolute Gasteiger partial charge is 0.461 e. The molecule has 7 heteroatoms. The van der Waals surface area contributed by atoms with E-state index in [9.17, 15) is 18.0 Å². The van der Waals surface area contributed by atoms with Crippen LogP contribution >= 0.6 is 11.3 Å². The normalized spacial score (nSPS) is 11.1. The Morgan fingerprint density at radius 2 is 1.91 bits per heavy atom. The number of aromatic nitrogens is 1. The van der Waals surface area contributed by atoms with E-state index in [1.54, 1.807) is 13.8 Å². The molecular weight excluding hydrogens is 315 g/mol. The summed E-state index contributed by atoms with van der Waals surface area (Å²) in [6, 6.07) is 1.75. The van der Waals surface area contributed by atoms with Crippen LogP contribution in [0.4, 0.5) is 13.2 Å². The number of benzene rings is 1. The summed E-state index contributed by atoms with van der Waals surface area (Å²) in [5.74, 6) is -4.55. The van der Waals surface area contributed by atoms with Gasteiger partial charge < -0.3 is 4.74 Å². The predicted molar refractivity (Wildman–Crippen MR) is 78.1 cm³/mol. The van der Waals surface area contributed by atoms with E-state index in [0.29, 0.717) is 9.88 Å². The molecule has 0 amide bonds. The predicted octanol–water partition coefficient (Wildman–Crippen LogP) is 4.22. The number of carbonyl (C=O) groups is 1. The second kappa shape index (κ2) is 6.74. The average Bonchev–Trinajstić information content (AvgIpc) is 2.84. The lowest BCUT2D eigenvalue weighted by Crippen LogP contribution is -2.06. The molecule has 0 saturated heterocycles. The Morgan fingerprint density at radius 3 is 2.50 bits per heavy atom. The number of esters is 1. The zero-order valence-corrected chi connectivity index (χ0v) is 12.6. The van der Waals surface area contributed by atoms with Crippen LogP contribution in [0, 0.1) is 24.4 Å². The fourth-order valence-corrected chi connectivity index (χ4v) is 2.53. The first-order valence-corrected chi connectivity index (χ1v) is 7.21. The Morgan fingerprint density at radius 1 is 1.27 bits per heavy atom. The third-order valence-corrected chi connectivity index (χ3v) is 3.64. The third-order valence-electron chi connectivity index (χ3n) is 2.71. The molecule has 116 valence electrons. The first-order valence-electron chi connectivity index (χ1n) is 6.39. The molecule has 0 saturated carbocycles. The molecule has 0 N–H and O–H groups in total. The highest BCUT2D eigenvalue weighted by atomic mass is 32.1. The van der Waals surface area contributed by atoms with Crippen LogP contribution in [0.15, 0.2) is 12.1 Å². The molecule has 1 aromatic carbocycles. The maximum atomic E-state index is 13.1. The van der Waals surface area contributed by atoms with Crippen LogP contribution < -0.4 is 0 Å². The van der Waals surface area contributed by atoms with Crippen molar-refractivity contribution in [2.24, 2.45) is 0 Å². The van der Waals surface area contributed by atoms with Crippen LogP contribution in [0.2, 0.25) is 0 Å². The lowest BCUT2D eigenvalue weighted by Gasteiger charge is -1.98.